The zero-order valence-electron chi connectivity index (χ0n) is 19.4. The number of benzene rings is 3. The maximum absolute atomic E-state index is 13.7. The smallest absolute Gasteiger partial charge is 0.325 e. The first-order valence-corrected chi connectivity index (χ1v) is 12.8. The van der Waals surface area contributed by atoms with Gasteiger partial charge in [-0.1, -0.05) is 60.7 Å². The van der Waals surface area contributed by atoms with E-state index in [-0.39, 0.29) is 24.4 Å². The molecule has 2 N–H and O–H groups in total. The molecule has 0 aliphatic carbocycles. The van der Waals surface area contributed by atoms with Crippen molar-refractivity contribution >= 4 is 46.2 Å². The summed E-state index contributed by atoms with van der Waals surface area (Å²) in [6, 6.07) is 24.0. The first-order valence-electron chi connectivity index (χ1n) is 11.9. The van der Waals surface area contributed by atoms with E-state index in [2.05, 4.69) is 10.3 Å². The number of carbonyl (C=O) groups excluding carboxylic acids is 3. The third-order valence-electron chi connectivity index (χ3n) is 6.79. The van der Waals surface area contributed by atoms with E-state index in [1.165, 1.54) is 0 Å². The van der Waals surface area contributed by atoms with E-state index < -0.39 is 12.1 Å². The lowest BCUT2D eigenvalue weighted by molar-refractivity contribution is -0.131. The van der Waals surface area contributed by atoms with E-state index >= 15 is 0 Å². The van der Waals surface area contributed by atoms with Crippen molar-refractivity contribution in [3.63, 3.8) is 0 Å². The van der Waals surface area contributed by atoms with Gasteiger partial charge in [0.2, 0.25) is 5.91 Å². The number of amides is 4. The number of hydrogen-bond donors (Lipinski definition) is 2. The highest BCUT2D eigenvalue weighted by atomic mass is 32.2. The molecule has 1 fully saturated rings. The zero-order chi connectivity index (χ0) is 24.6. The molecule has 8 heteroatoms. The van der Waals surface area contributed by atoms with Gasteiger partial charge < -0.3 is 15.2 Å². The number of para-hydroxylation sites is 2. The van der Waals surface area contributed by atoms with Crippen LogP contribution in [0.3, 0.4) is 0 Å². The number of fused-ring (bicyclic) bond motifs is 2. The summed E-state index contributed by atoms with van der Waals surface area (Å²) in [6.07, 6.45) is 2.22. The van der Waals surface area contributed by atoms with Gasteiger partial charge in [0.15, 0.2) is 0 Å². The van der Waals surface area contributed by atoms with Crippen molar-refractivity contribution in [1.29, 1.82) is 0 Å². The molecule has 6 rings (SSSR count). The normalized spacial score (nSPS) is 19.4. The summed E-state index contributed by atoms with van der Waals surface area (Å²) in [5, 5.41) is 3.79. The second-order valence-corrected chi connectivity index (χ2v) is 10.0. The van der Waals surface area contributed by atoms with Crippen LogP contribution in [0.4, 0.5) is 10.5 Å². The Bertz CT molecular complexity index is 1470. The number of imide groups is 1. The van der Waals surface area contributed by atoms with Crippen LogP contribution in [0, 0.1) is 0 Å². The van der Waals surface area contributed by atoms with Crippen molar-refractivity contribution in [3.05, 3.63) is 96.2 Å². The fourth-order valence-corrected chi connectivity index (χ4v) is 6.18. The van der Waals surface area contributed by atoms with Crippen LogP contribution >= 0.6 is 11.8 Å². The van der Waals surface area contributed by atoms with Crippen molar-refractivity contribution in [2.24, 2.45) is 0 Å². The third kappa shape index (κ3) is 3.93. The molecule has 2 atom stereocenters. The van der Waals surface area contributed by atoms with Crippen molar-refractivity contribution in [3.8, 4) is 0 Å². The van der Waals surface area contributed by atoms with Crippen LogP contribution < -0.4 is 10.2 Å². The molecule has 4 aromatic rings. The van der Waals surface area contributed by atoms with E-state index in [0.29, 0.717) is 12.2 Å². The van der Waals surface area contributed by atoms with Crippen molar-refractivity contribution in [2.75, 3.05) is 17.2 Å². The van der Waals surface area contributed by atoms with Gasteiger partial charge in [0.1, 0.15) is 12.6 Å². The Labute approximate surface area is 212 Å². The first kappa shape index (κ1) is 22.4. The monoisotopic (exact) mass is 496 g/mol. The number of urea groups is 1. The van der Waals surface area contributed by atoms with E-state index in [1.54, 1.807) is 16.7 Å². The number of aromatic amines is 1. The number of rotatable bonds is 5. The van der Waals surface area contributed by atoms with E-state index in [4.69, 9.17) is 0 Å². The molecule has 2 aliphatic heterocycles. The number of hydrogen-bond acceptors (Lipinski definition) is 4. The minimum absolute atomic E-state index is 0.193. The molecule has 0 saturated carbocycles. The van der Waals surface area contributed by atoms with Gasteiger partial charge in [-0.25, -0.2) is 4.79 Å². The van der Waals surface area contributed by atoms with Crippen molar-refractivity contribution in [1.82, 2.24) is 15.2 Å². The summed E-state index contributed by atoms with van der Waals surface area (Å²) in [7, 11) is 0. The van der Waals surface area contributed by atoms with Gasteiger partial charge in [0, 0.05) is 34.2 Å². The molecule has 3 aromatic carbocycles. The summed E-state index contributed by atoms with van der Waals surface area (Å²) in [5.41, 5.74) is 3.74. The summed E-state index contributed by atoms with van der Waals surface area (Å²) >= 11 is 1.70. The van der Waals surface area contributed by atoms with Gasteiger partial charge in [-0.2, -0.15) is 0 Å². The number of nitrogens with one attached hydrogen (secondary N) is 2. The van der Waals surface area contributed by atoms with Crippen LogP contribution in [0.5, 0.6) is 0 Å². The number of H-pyrrole nitrogens is 1. The molecule has 2 aliphatic rings. The van der Waals surface area contributed by atoms with Crippen molar-refractivity contribution in [2.45, 2.75) is 23.4 Å². The molecule has 1 aromatic heterocycles. The van der Waals surface area contributed by atoms with E-state index in [0.717, 1.165) is 37.5 Å². The molecular weight excluding hydrogens is 472 g/mol. The second kappa shape index (κ2) is 9.20. The first-order chi connectivity index (χ1) is 17.6. The van der Waals surface area contributed by atoms with Gasteiger partial charge in [0.25, 0.3) is 5.91 Å². The Morgan fingerprint density at radius 1 is 0.944 bits per heavy atom. The standard InChI is InChI=1S/C28H24N4O3S/c33-26(32-23-12-6-7-13-25(23)36-17-24(32)18-8-2-1-3-9-18)16-31-27(34)22(30-28(31)35)14-19-15-29-21-11-5-4-10-20(19)21/h1-13,15,22,24,29H,14,16-17H2,(H,30,35)/t22-,24-/m0/s1. The lowest BCUT2D eigenvalue weighted by Gasteiger charge is -2.37. The number of aromatic nitrogens is 1. The van der Waals surface area contributed by atoms with E-state index in [9.17, 15) is 14.4 Å². The largest absolute Gasteiger partial charge is 0.361 e. The number of nitrogens with zero attached hydrogens (tertiary/aromatic N) is 2. The molecule has 36 heavy (non-hydrogen) atoms. The summed E-state index contributed by atoms with van der Waals surface area (Å²) in [6.45, 7) is -0.308. The Kier molecular flexibility index (Phi) is 5.73. The van der Waals surface area contributed by atoms with Gasteiger partial charge in [-0.3, -0.25) is 14.5 Å². The molecule has 0 spiro atoms. The number of thioether (sulfide) groups is 1. The topological polar surface area (TPSA) is 85.5 Å². The molecule has 3 heterocycles. The molecule has 0 radical (unpaired) electrons. The fourth-order valence-electron chi connectivity index (χ4n) is 5.01. The van der Waals surface area contributed by atoms with Crippen LogP contribution in [-0.4, -0.2) is 46.1 Å². The fraction of sp³-hybridized carbons (Fsp3) is 0.179. The minimum Gasteiger partial charge on any atom is -0.361 e. The molecular formula is C28H24N4O3S. The molecule has 0 unspecified atom stereocenters. The molecule has 0 bridgehead atoms. The second-order valence-electron chi connectivity index (χ2n) is 8.96. The zero-order valence-corrected chi connectivity index (χ0v) is 20.2. The average Bonchev–Trinajstić information content (AvgIpc) is 3.44. The summed E-state index contributed by atoms with van der Waals surface area (Å²) < 4.78 is 0. The average molecular weight is 497 g/mol. The van der Waals surface area contributed by atoms with Crippen LogP contribution in [0.1, 0.15) is 17.2 Å². The highest BCUT2D eigenvalue weighted by Gasteiger charge is 2.41. The Hall–Kier alpha value is -4.04. The van der Waals surface area contributed by atoms with Crippen LogP contribution in [0.15, 0.2) is 90.0 Å². The highest BCUT2D eigenvalue weighted by molar-refractivity contribution is 7.99. The lowest BCUT2D eigenvalue weighted by Crippen LogP contribution is -2.46. The number of anilines is 1. The maximum atomic E-state index is 13.7. The predicted molar refractivity (Wildman–Crippen MR) is 140 cm³/mol. The number of carbonyl (C=O) groups is 3. The molecule has 1 saturated heterocycles. The minimum atomic E-state index is -0.710. The lowest BCUT2D eigenvalue weighted by atomic mass is 10.0. The highest BCUT2D eigenvalue weighted by Crippen LogP contribution is 2.43. The Morgan fingerprint density at radius 2 is 1.69 bits per heavy atom. The molecule has 7 nitrogen and oxygen atoms in total. The van der Waals surface area contributed by atoms with Gasteiger partial charge in [-0.05, 0) is 29.3 Å². The van der Waals surface area contributed by atoms with Crippen LogP contribution in [0.2, 0.25) is 0 Å². The molecule has 4 amide bonds. The van der Waals surface area contributed by atoms with Crippen LogP contribution in [0.25, 0.3) is 10.9 Å². The van der Waals surface area contributed by atoms with Crippen molar-refractivity contribution < 1.29 is 14.4 Å². The SMILES string of the molecule is O=C1N[C@@H](Cc2c[nH]c3ccccc23)C(=O)N1CC(=O)N1c2ccccc2SC[C@H]1c1ccccc1. The van der Waals surface area contributed by atoms with E-state index in [1.807, 2.05) is 85.1 Å². The maximum Gasteiger partial charge on any atom is 0.325 e. The quantitative estimate of drug-likeness (QED) is 0.398. The summed E-state index contributed by atoms with van der Waals surface area (Å²) in [5.74, 6) is 0.0261. The third-order valence-corrected chi connectivity index (χ3v) is 7.92. The summed E-state index contributed by atoms with van der Waals surface area (Å²) in [4.78, 5) is 46.8. The molecule has 180 valence electrons. The van der Waals surface area contributed by atoms with Crippen LogP contribution in [-0.2, 0) is 16.0 Å². The predicted octanol–water partition coefficient (Wildman–Crippen LogP) is 4.51. The van der Waals surface area contributed by atoms with Gasteiger partial charge in [0.05, 0.1) is 11.7 Å². The van der Waals surface area contributed by atoms with Gasteiger partial charge in [-0.15, -0.1) is 11.8 Å². The van der Waals surface area contributed by atoms with Gasteiger partial charge >= 0.3 is 6.03 Å². The Balaban J connectivity index is 1.25. The Morgan fingerprint density at radius 3 is 2.56 bits per heavy atom.